The first-order valence-corrected chi connectivity index (χ1v) is 6.42. The molecule has 1 aromatic carbocycles. The number of benzene rings is 1. The maximum atomic E-state index is 12.4. The minimum Gasteiger partial charge on any atom is -0.398 e. The number of nitrogens with one attached hydrogen (secondary N) is 1. The molecule has 0 aromatic heterocycles. The number of nitrogens with zero attached hydrogens (tertiary/aromatic N) is 1. The molecule has 1 rings (SSSR count). The highest BCUT2D eigenvalue weighted by Gasteiger charge is 2.19. The second-order valence-electron chi connectivity index (χ2n) is 4.29. The predicted octanol–water partition coefficient (Wildman–Crippen LogP) is 1.18. The first-order chi connectivity index (χ1) is 9.01. The van der Waals surface area contributed by atoms with Crippen molar-refractivity contribution < 1.29 is 9.59 Å². The van der Waals surface area contributed by atoms with E-state index in [0.717, 1.165) is 5.56 Å². The summed E-state index contributed by atoms with van der Waals surface area (Å²) in [5.74, 6) is -0.321. The molecule has 0 aliphatic rings. The van der Waals surface area contributed by atoms with E-state index >= 15 is 0 Å². The van der Waals surface area contributed by atoms with Gasteiger partial charge in [0, 0.05) is 24.3 Å². The maximum absolute atomic E-state index is 12.4. The Labute approximate surface area is 113 Å². The summed E-state index contributed by atoms with van der Waals surface area (Å²) in [5, 5.41) is 2.69. The van der Waals surface area contributed by atoms with Gasteiger partial charge in [0.2, 0.25) is 5.91 Å². The molecule has 0 spiro atoms. The van der Waals surface area contributed by atoms with Crippen LogP contribution in [0.5, 0.6) is 0 Å². The van der Waals surface area contributed by atoms with Crippen molar-refractivity contribution in [2.45, 2.75) is 20.8 Å². The van der Waals surface area contributed by atoms with Crippen LogP contribution < -0.4 is 11.1 Å². The summed E-state index contributed by atoms with van der Waals surface area (Å²) in [7, 11) is 0. The Hall–Kier alpha value is -2.04. The first kappa shape index (κ1) is 15.0. The van der Waals surface area contributed by atoms with Gasteiger partial charge in [-0.1, -0.05) is 6.07 Å². The standard InChI is InChI=1S/C14H21N3O2/c1-4-16-13(18)9-17(5-2)14(19)11-7-6-8-12(15)10(11)3/h6-8H,4-5,9,15H2,1-3H3,(H,16,18). The molecule has 0 heterocycles. The molecular formula is C14H21N3O2. The number of likely N-dealkylation sites (N-methyl/N-ethyl adjacent to an activating group) is 2. The molecule has 0 fully saturated rings. The molecule has 0 aliphatic heterocycles. The van der Waals surface area contributed by atoms with Crippen LogP contribution in [0.15, 0.2) is 18.2 Å². The van der Waals surface area contributed by atoms with Gasteiger partial charge in [0.1, 0.15) is 0 Å². The van der Waals surface area contributed by atoms with E-state index in [0.29, 0.717) is 24.3 Å². The summed E-state index contributed by atoms with van der Waals surface area (Å²) in [6, 6.07) is 5.23. The van der Waals surface area contributed by atoms with Gasteiger partial charge >= 0.3 is 0 Å². The van der Waals surface area contributed by atoms with Gasteiger partial charge in [0.15, 0.2) is 0 Å². The van der Waals surface area contributed by atoms with Crippen LogP contribution in [0.2, 0.25) is 0 Å². The molecular weight excluding hydrogens is 242 g/mol. The highest BCUT2D eigenvalue weighted by molar-refractivity contribution is 5.98. The molecule has 3 N–H and O–H groups in total. The minimum atomic E-state index is -0.168. The number of carbonyl (C=O) groups is 2. The number of nitrogen functional groups attached to an aromatic ring is 1. The summed E-state index contributed by atoms with van der Waals surface area (Å²) in [5.41, 5.74) is 7.68. The lowest BCUT2D eigenvalue weighted by Crippen LogP contribution is -2.40. The molecule has 0 radical (unpaired) electrons. The fourth-order valence-corrected chi connectivity index (χ4v) is 1.81. The van der Waals surface area contributed by atoms with Crippen LogP contribution in [-0.2, 0) is 4.79 Å². The fourth-order valence-electron chi connectivity index (χ4n) is 1.81. The largest absolute Gasteiger partial charge is 0.398 e. The van der Waals surface area contributed by atoms with E-state index in [-0.39, 0.29) is 18.4 Å². The quantitative estimate of drug-likeness (QED) is 0.783. The van der Waals surface area contributed by atoms with Crippen molar-refractivity contribution in [1.82, 2.24) is 10.2 Å². The summed E-state index contributed by atoms with van der Waals surface area (Å²) in [6.07, 6.45) is 0. The number of nitrogens with two attached hydrogens (primary N) is 1. The number of rotatable bonds is 5. The van der Waals surface area contributed by atoms with Crippen LogP contribution in [0.1, 0.15) is 29.8 Å². The van der Waals surface area contributed by atoms with E-state index in [2.05, 4.69) is 5.32 Å². The van der Waals surface area contributed by atoms with Gasteiger partial charge in [-0.3, -0.25) is 9.59 Å². The van der Waals surface area contributed by atoms with Crippen molar-refractivity contribution in [3.63, 3.8) is 0 Å². The average molecular weight is 263 g/mol. The molecule has 1 aromatic rings. The van der Waals surface area contributed by atoms with Gasteiger partial charge in [-0.15, -0.1) is 0 Å². The van der Waals surface area contributed by atoms with Gasteiger partial charge in [-0.05, 0) is 38.5 Å². The molecule has 19 heavy (non-hydrogen) atoms. The molecule has 5 heteroatoms. The SMILES string of the molecule is CCNC(=O)CN(CC)C(=O)c1cccc(N)c1C. The van der Waals surface area contributed by atoms with Crippen LogP contribution in [0.4, 0.5) is 5.69 Å². The van der Waals surface area contributed by atoms with E-state index in [9.17, 15) is 9.59 Å². The number of carbonyl (C=O) groups excluding carboxylic acids is 2. The lowest BCUT2D eigenvalue weighted by atomic mass is 10.1. The van der Waals surface area contributed by atoms with Crippen LogP contribution in [-0.4, -0.2) is 36.3 Å². The fraction of sp³-hybridized carbons (Fsp3) is 0.429. The lowest BCUT2D eigenvalue weighted by Gasteiger charge is -2.21. The van der Waals surface area contributed by atoms with E-state index in [1.54, 1.807) is 18.2 Å². The third-order valence-corrected chi connectivity index (χ3v) is 2.98. The van der Waals surface area contributed by atoms with Crippen LogP contribution in [0, 0.1) is 6.92 Å². The third kappa shape index (κ3) is 3.71. The van der Waals surface area contributed by atoms with Crippen molar-refractivity contribution in [3.8, 4) is 0 Å². The van der Waals surface area contributed by atoms with Crippen LogP contribution >= 0.6 is 0 Å². The zero-order valence-corrected chi connectivity index (χ0v) is 11.7. The van der Waals surface area contributed by atoms with Crippen LogP contribution in [0.3, 0.4) is 0 Å². The maximum Gasteiger partial charge on any atom is 0.254 e. The van der Waals surface area contributed by atoms with Crippen LogP contribution in [0.25, 0.3) is 0 Å². The molecule has 0 bridgehead atoms. The summed E-state index contributed by atoms with van der Waals surface area (Å²) in [4.78, 5) is 25.5. The van der Waals surface area contributed by atoms with Crippen molar-refractivity contribution in [2.24, 2.45) is 0 Å². The number of amides is 2. The molecule has 104 valence electrons. The highest BCUT2D eigenvalue weighted by Crippen LogP contribution is 2.17. The normalized spacial score (nSPS) is 10.1. The van der Waals surface area contributed by atoms with Gasteiger partial charge < -0.3 is 16.0 Å². The number of hydrogen-bond acceptors (Lipinski definition) is 3. The van der Waals surface area contributed by atoms with Gasteiger partial charge in [-0.25, -0.2) is 0 Å². The Bertz CT molecular complexity index is 472. The third-order valence-electron chi connectivity index (χ3n) is 2.98. The van der Waals surface area contributed by atoms with Crippen molar-refractivity contribution in [1.29, 1.82) is 0 Å². The average Bonchev–Trinajstić information content (AvgIpc) is 2.39. The Balaban J connectivity index is 2.89. The van der Waals surface area contributed by atoms with Crippen molar-refractivity contribution in [3.05, 3.63) is 29.3 Å². The molecule has 0 aliphatic carbocycles. The second kappa shape index (κ2) is 6.78. The molecule has 0 saturated carbocycles. The molecule has 0 unspecified atom stereocenters. The Morgan fingerprint density at radius 1 is 1.32 bits per heavy atom. The summed E-state index contributed by atoms with van der Waals surface area (Å²) in [6.45, 7) is 6.60. The van der Waals surface area contributed by atoms with Crippen molar-refractivity contribution in [2.75, 3.05) is 25.4 Å². The zero-order chi connectivity index (χ0) is 14.4. The summed E-state index contributed by atoms with van der Waals surface area (Å²) >= 11 is 0. The lowest BCUT2D eigenvalue weighted by molar-refractivity contribution is -0.121. The Morgan fingerprint density at radius 3 is 2.58 bits per heavy atom. The molecule has 2 amide bonds. The molecule has 0 saturated heterocycles. The Kier molecular flexibility index (Phi) is 5.36. The molecule has 0 atom stereocenters. The highest BCUT2D eigenvalue weighted by atomic mass is 16.2. The van der Waals surface area contributed by atoms with Crippen molar-refractivity contribution >= 4 is 17.5 Å². The van der Waals surface area contributed by atoms with E-state index in [1.807, 2.05) is 20.8 Å². The van der Waals surface area contributed by atoms with E-state index < -0.39 is 0 Å². The topological polar surface area (TPSA) is 75.4 Å². The van der Waals surface area contributed by atoms with E-state index in [1.165, 1.54) is 4.90 Å². The minimum absolute atomic E-state index is 0.0669. The number of anilines is 1. The first-order valence-electron chi connectivity index (χ1n) is 6.42. The monoisotopic (exact) mass is 263 g/mol. The second-order valence-corrected chi connectivity index (χ2v) is 4.29. The number of hydrogen-bond donors (Lipinski definition) is 2. The van der Waals surface area contributed by atoms with E-state index in [4.69, 9.17) is 5.73 Å². The zero-order valence-electron chi connectivity index (χ0n) is 11.7. The Morgan fingerprint density at radius 2 is 2.00 bits per heavy atom. The van der Waals surface area contributed by atoms with Gasteiger partial charge in [-0.2, -0.15) is 0 Å². The smallest absolute Gasteiger partial charge is 0.254 e. The van der Waals surface area contributed by atoms with Gasteiger partial charge in [0.05, 0.1) is 6.54 Å². The summed E-state index contributed by atoms with van der Waals surface area (Å²) < 4.78 is 0. The predicted molar refractivity (Wildman–Crippen MR) is 75.9 cm³/mol. The van der Waals surface area contributed by atoms with Gasteiger partial charge in [0.25, 0.3) is 5.91 Å². The molecule has 5 nitrogen and oxygen atoms in total.